The molecule has 1 aliphatic heterocycles. The summed E-state index contributed by atoms with van der Waals surface area (Å²) in [6, 6.07) is 0. The summed E-state index contributed by atoms with van der Waals surface area (Å²) in [6.45, 7) is 7.12. The highest BCUT2D eigenvalue weighted by molar-refractivity contribution is 5.78. The molecule has 0 saturated carbocycles. The number of nitrogens with one attached hydrogen (secondary N) is 2. The van der Waals surface area contributed by atoms with Gasteiger partial charge >= 0.3 is 0 Å². The van der Waals surface area contributed by atoms with Gasteiger partial charge in [0, 0.05) is 19.0 Å². The summed E-state index contributed by atoms with van der Waals surface area (Å²) >= 11 is 0. The van der Waals surface area contributed by atoms with Crippen LogP contribution in [0.4, 0.5) is 0 Å². The molecule has 0 spiro atoms. The molecule has 0 bridgehead atoms. The lowest BCUT2D eigenvalue weighted by molar-refractivity contribution is -0.124. The molecule has 18 heavy (non-hydrogen) atoms. The molecule has 1 amide bonds. The van der Waals surface area contributed by atoms with E-state index in [-0.39, 0.29) is 11.8 Å². The SMILES string of the molecule is CNCC(C)C(=O)NCCCN1CCCCCC1. The van der Waals surface area contributed by atoms with Crippen LogP contribution in [0.25, 0.3) is 0 Å². The molecule has 0 aromatic heterocycles. The van der Waals surface area contributed by atoms with Crippen molar-refractivity contribution in [3.63, 3.8) is 0 Å². The first-order valence-electron chi connectivity index (χ1n) is 7.38. The van der Waals surface area contributed by atoms with E-state index in [1.54, 1.807) is 0 Å². The molecule has 1 heterocycles. The first-order valence-corrected chi connectivity index (χ1v) is 7.38. The number of rotatable bonds is 7. The van der Waals surface area contributed by atoms with Crippen molar-refractivity contribution < 1.29 is 4.79 Å². The monoisotopic (exact) mass is 255 g/mol. The zero-order chi connectivity index (χ0) is 13.2. The molecule has 1 rings (SSSR count). The van der Waals surface area contributed by atoms with Crippen LogP contribution in [0.5, 0.6) is 0 Å². The molecular weight excluding hydrogens is 226 g/mol. The molecular formula is C14H29N3O. The fraction of sp³-hybridized carbons (Fsp3) is 0.929. The normalized spacial score (nSPS) is 19.2. The fourth-order valence-corrected chi connectivity index (χ4v) is 2.45. The Morgan fingerprint density at radius 1 is 1.22 bits per heavy atom. The van der Waals surface area contributed by atoms with Crippen LogP contribution in [0.15, 0.2) is 0 Å². The van der Waals surface area contributed by atoms with Gasteiger partial charge in [-0.25, -0.2) is 0 Å². The van der Waals surface area contributed by atoms with Gasteiger partial charge in [0.15, 0.2) is 0 Å². The number of amides is 1. The van der Waals surface area contributed by atoms with Gasteiger partial charge < -0.3 is 15.5 Å². The van der Waals surface area contributed by atoms with Crippen molar-refractivity contribution in [3.8, 4) is 0 Å². The number of carbonyl (C=O) groups excluding carboxylic acids is 1. The molecule has 106 valence electrons. The minimum absolute atomic E-state index is 0.0631. The van der Waals surface area contributed by atoms with Crippen molar-refractivity contribution in [1.82, 2.24) is 15.5 Å². The minimum atomic E-state index is 0.0631. The minimum Gasteiger partial charge on any atom is -0.356 e. The van der Waals surface area contributed by atoms with Crippen molar-refractivity contribution in [2.75, 3.05) is 39.8 Å². The van der Waals surface area contributed by atoms with Gasteiger partial charge in [-0.15, -0.1) is 0 Å². The molecule has 0 aromatic carbocycles. The lowest BCUT2D eigenvalue weighted by atomic mass is 10.1. The Labute approximate surface area is 111 Å². The average Bonchev–Trinajstić information content (AvgIpc) is 2.63. The largest absolute Gasteiger partial charge is 0.356 e. The summed E-state index contributed by atoms with van der Waals surface area (Å²) in [5.41, 5.74) is 0. The predicted octanol–water partition coefficient (Wildman–Crippen LogP) is 1.22. The number of hydrogen-bond donors (Lipinski definition) is 2. The first-order chi connectivity index (χ1) is 8.74. The van der Waals surface area contributed by atoms with Gasteiger partial charge in [0.25, 0.3) is 0 Å². The third-order valence-electron chi connectivity index (χ3n) is 3.61. The van der Waals surface area contributed by atoms with E-state index < -0.39 is 0 Å². The maximum atomic E-state index is 11.7. The highest BCUT2D eigenvalue weighted by Crippen LogP contribution is 2.09. The van der Waals surface area contributed by atoms with Crippen molar-refractivity contribution in [2.24, 2.45) is 5.92 Å². The Kier molecular flexibility index (Phi) is 8.01. The van der Waals surface area contributed by atoms with Crippen LogP contribution in [0.3, 0.4) is 0 Å². The standard InChI is InChI=1S/C14H29N3O/c1-13(12-15-2)14(18)16-8-7-11-17-9-5-3-4-6-10-17/h13,15H,3-12H2,1-2H3,(H,16,18). The van der Waals surface area contributed by atoms with Gasteiger partial charge in [0.2, 0.25) is 5.91 Å². The molecule has 0 aromatic rings. The fourth-order valence-electron chi connectivity index (χ4n) is 2.45. The summed E-state index contributed by atoms with van der Waals surface area (Å²) in [5, 5.41) is 6.05. The van der Waals surface area contributed by atoms with Gasteiger partial charge in [0.05, 0.1) is 0 Å². The molecule has 1 unspecified atom stereocenters. The van der Waals surface area contributed by atoms with Crippen LogP contribution in [0, 0.1) is 5.92 Å². The summed E-state index contributed by atoms with van der Waals surface area (Å²) < 4.78 is 0. The zero-order valence-electron chi connectivity index (χ0n) is 12.0. The van der Waals surface area contributed by atoms with Crippen molar-refractivity contribution in [3.05, 3.63) is 0 Å². The smallest absolute Gasteiger partial charge is 0.224 e. The molecule has 1 aliphatic rings. The Balaban J connectivity index is 2.05. The Hall–Kier alpha value is -0.610. The van der Waals surface area contributed by atoms with Crippen LogP contribution >= 0.6 is 0 Å². The van der Waals surface area contributed by atoms with E-state index in [4.69, 9.17) is 0 Å². The molecule has 1 fully saturated rings. The molecule has 0 aliphatic carbocycles. The Morgan fingerprint density at radius 3 is 2.50 bits per heavy atom. The second-order valence-electron chi connectivity index (χ2n) is 5.36. The van der Waals surface area contributed by atoms with Crippen molar-refractivity contribution in [1.29, 1.82) is 0 Å². The number of likely N-dealkylation sites (tertiary alicyclic amines) is 1. The third kappa shape index (κ3) is 6.36. The van der Waals surface area contributed by atoms with E-state index in [2.05, 4.69) is 15.5 Å². The van der Waals surface area contributed by atoms with E-state index in [1.165, 1.54) is 38.8 Å². The van der Waals surface area contributed by atoms with Crippen LogP contribution in [-0.4, -0.2) is 50.6 Å². The highest BCUT2D eigenvalue weighted by Gasteiger charge is 2.11. The van der Waals surface area contributed by atoms with Crippen molar-refractivity contribution >= 4 is 5.91 Å². The quantitative estimate of drug-likeness (QED) is 0.672. The molecule has 4 heteroatoms. The summed E-state index contributed by atoms with van der Waals surface area (Å²) in [7, 11) is 1.88. The third-order valence-corrected chi connectivity index (χ3v) is 3.61. The number of nitrogens with zero attached hydrogens (tertiary/aromatic N) is 1. The summed E-state index contributed by atoms with van der Waals surface area (Å²) in [4.78, 5) is 14.2. The van der Waals surface area contributed by atoms with Crippen LogP contribution in [0.2, 0.25) is 0 Å². The molecule has 2 N–H and O–H groups in total. The second-order valence-corrected chi connectivity index (χ2v) is 5.36. The van der Waals surface area contributed by atoms with Crippen LogP contribution < -0.4 is 10.6 Å². The van der Waals surface area contributed by atoms with Crippen LogP contribution in [0.1, 0.15) is 39.0 Å². The Morgan fingerprint density at radius 2 is 1.89 bits per heavy atom. The Bertz CT molecular complexity index is 225. The first kappa shape index (κ1) is 15.4. The van der Waals surface area contributed by atoms with E-state index >= 15 is 0 Å². The summed E-state index contributed by atoms with van der Waals surface area (Å²) in [6.07, 6.45) is 6.51. The molecule has 0 radical (unpaired) electrons. The summed E-state index contributed by atoms with van der Waals surface area (Å²) in [5.74, 6) is 0.230. The lowest BCUT2D eigenvalue weighted by Gasteiger charge is -2.19. The van der Waals surface area contributed by atoms with Crippen molar-refractivity contribution in [2.45, 2.75) is 39.0 Å². The second kappa shape index (κ2) is 9.34. The van der Waals surface area contributed by atoms with Gasteiger partial charge in [-0.05, 0) is 45.9 Å². The van der Waals surface area contributed by atoms with Gasteiger partial charge in [-0.2, -0.15) is 0 Å². The maximum Gasteiger partial charge on any atom is 0.224 e. The highest BCUT2D eigenvalue weighted by atomic mass is 16.1. The predicted molar refractivity (Wildman–Crippen MR) is 75.6 cm³/mol. The molecule has 1 atom stereocenters. The average molecular weight is 255 g/mol. The van der Waals surface area contributed by atoms with Gasteiger partial charge in [0.1, 0.15) is 0 Å². The lowest BCUT2D eigenvalue weighted by Crippen LogP contribution is -2.36. The van der Waals surface area contributed by atoms with Gasteiger partial charge in [-0.1, -0.05) is 19.8 Å². The van der Waals surface area contributed by atoms with E-state index in [1.807, 2.05) is 14.0 Å². The van der Waals surface area contributed by atoms with Crippen LogP contribution in [-0.2, 0) is 4.79 Å². The maximum absolute atomic E-state index is 11.7. The number of hydrogen-bond acceptors (Lipinski definition) is 3. The zero-order valence-corrected chi connectivity index (χ0v) is 12.0. The number of carbonyl (C=O) groups is 1. The topological polar surface area (TPSA) is 44.4 Å². The molecule has 4 nitrogen and oxygen atoms in total. The molecule has 1 saturated heterocycles. The van der Waals surface area contributed by atoms with E-state index in [0.717, 1.165) is 26.1 Å². The van der Waals surface area contributed by atoms with E-state index in [0.29, 0.717) is 0 Å². The van der Waals surface area contributed by atoms with Gasteiger partial charge in [-0.3, -0.25) is 4.79 Å². The van der Waals surface area contributed by atoms with E-state index in [9.17, 15) is 4.79 Å².